The van der Waals surface area contributed by atoms with Crippen LogP contribution >= 0.6 is 34.3 Å². The molecule has 354 valence electrons. The van der Waals surface area contributed by atoms with Gasteiger partial charge in [-0.15, -0.1) is 34.3 Å². The van der Waals surface area contributed by atoms with Crippen LogP contribution in [0.25, 0.3) is 20.4 Å². The normalized spacial score (nSPS) is 15.5. The number of unbranched alkanes of at least 4 members (excludes halogenated alkanes) is 2. The van der Waals surface area contributed by atoms with Gasteiger partial charge in [0.25, 0.3) is 0 Å². The van der Waals surface area contributed by atoms with Gasteiger partial charge in [0.1, 0.15) is 35.7 Å². The zero-order valence-corrected chi connectivity index (χ0v) is 39.7. The van der Waals surface area contributed by atoms with E-state index in [4.69, 9.17) is 30.5 Å². The third-order valence-electron chi connectivity index (χ3n) is 10.6. The van der Waals surface area contributed by atoms with E-state index in [-0.39, 0.29) is 7.43 Å². The average molecular weight is 950 g/mol. The Morgan fingerprint density at radius 2 is 1.14 bits per heavy atom. The first-order valence-electron chi connectivity index (χ1n) is 22.5. The van der Waals surface area contributed by atoms with Crippen LogP contribution in [-0.2, 0) is 0 Å². The molecule has 0 bridgehead atoms. The van der Waals surface area contributed by atoms with Crippen molar-refractivity contribution in [1.82, 2.24) is 30.0 Å². The predicted molar refractivity (Wildman–Crippen MR) is 269 cm³/mol. The molecule has 0 aliphatic carbocycles. The monoisotopic (exact) mass is 948 g/mol. The van der Waals surface area contributed by atoms with Gasteiger partial charge in [0.2, 0.25) is 6.29 Å². The molecule has 2 aliphatic heterocycles. The first-order valence-corrected chi connectivity index (χ1v) is 24.7. The number of nitrogens with zero attached hydrogens (tertiary/aromatic N) is 5. The zero-order chi connectivity index (χ0) is 44.8. The molecule has 0 amide bonds. The fourth-order valence-electron chi connectivity index (χ4n) is 7.30. The molecule has 15 heteroatoms. The van der Waals surface area contributed by atoms with Gasteiger partial charge in [0, 0.05) is 76.9 Å². The maximum absolute atomic E-state index is 10.4. The number of β-amino-alcohol motifs (C(OH)–C–C–N with tert-alkyl or cyclic N) is 2. The van der Waals surface area contributed by atoms with E-state index in [1.165, 1.54) is 0 Å². The van der Waals surface area contributed by atoms with E-state index < -0.39 is 12.4 Å². The van der Waals surface area contributed by atoms with E-state index in [9.17, 15) is 10.2 Å². The number of ether oxygens (including phenoxy) is 4. The van der Waals surface area contributed by atoms with Crippen LogP contribution in [0.15, 0.2) is 97.1 Å². The Morgan fingerprint density at radius 3 is 1.72 bits per heavy atom. The lowest BCUT2D eigenvalue weighted by Crippen LogP contribution is -2.49. The van der Waals surface area contributed by atoms with Crippen molar-refractivity contribution in [3.05, 3.63) is 107 Å². The number of fused-ring (bicyclic) bond motifs is 2. The average Bonchev–Trinajstić information content (AvgIpc) is 3.88. The second-order valence-electron chi connectivity index (χ2n) is 15.9. The van der Waals surface area contributed by atoms with Crippen LogP contribution in [0.1, 0.15) is 43.1 Å². The lowest BCUT2D eigenvalue weighted by atomic mass is 10.2. The molecule has 0 unspecified atom stereocenters. The molecule has 6 aromatic rings. The third kappa shape index (κ3) is 19.0. The molecule has 2 atom stereocenters. The van der Waals surface area contributed by atoms with Gasteiger partial charge in [0.05, 0.1) is 50.2 Å². The molecule has 3 N–H and O–H groups in total. The molecule has 12 nitrogen and oxygen atoms in total. The Balaban J connectivity index is 0.000000204. The SMILES string of the molecule is C.Cc1nc2cc(OC[C@H](O)CN3CCN(CCCCOc4ccccc4)CC3)ccc2s1.Cc1nc2cc(O[C@H](O)CN3CCNCC3)ccc2s1.ClCCCCOc1ccccc1. The summed E-state index contributed by atoms with van der Waals surface area (Å²) >= 11 is 8.87. The molecule has 2 fully saturated rings. The Labute approximate surface area is 399 Å². The van der Waals surface area contributed by atoms with E-state index in [0.717, 1.165) is 151 Å². The molecule has 2 aromatic heterocycles. The second-order valence-corrected chi connectivity index (χ2v) is 18.7. The molecule has 0 radical (unpaired) electrons. The number of aryl methyl sites for hydroxylation is 2. The van der Waals surface area contributed by atoms with Gasteiger partial charge in [-0.1, -0.05) is 43.8 Å². The summed E-state index contributed by atoms with van der Waals surface area (Å²) < 4.78 is 24.9. The minimum absolute atomic E-state index is 0. The number of halogens is 1. The summed E-state index contributed by atoms with van der Waals surface area (Å²) in [4.78, 5) is 16.0. The molecule has 2 aliphatic rings. The second kappa shape index (κ2) is 28.8. The number of aliphatic hydroxyl groups is 2. The Hall–Kier alpha value is -4.09. The molecular weight excluding hydrogens is 880 g/mol. The number of thiazole rings is 2. The molecule has 4 heterocycles. The lowest BCUT2D eigenvalue weighted by Gasteiger charge is -2.35. The number of rotatable bonds is 20. The fraction of sp³-hybridized carbons (Fsp3) is 0.480. The van der Waals surface area contributed by atoms with Crippen molar-refractivity contribution >= 4 is 54.7 Å². The van der Waals surface area contributed by atoms with Crippen molar-refractivity contribution < 1.29 is 29.2 Å². The summed E-state index contributed by atoms with van der Waals surface area (Å²) in [7, 11) is 0. The smallest absolute Gasteiger partial charge is 0.210 e. The van der Waals surface area contributed by atoms with Gasteiger partial charge in [-0.3, -0.25) is 9.80 Å². The number of piperazine rings is 2. The van der Waals surface area contributed by atoms with Crippen molar-refractivity contribution in [2.24, 2.45) is 0 Å². The minimum Gasteiger partial charge on any atom is -0.494 e. The molecule has 65 heavy (non-hydrogen) atoms. The Bertz CT molecular complexity index is 2190. The molecule has 4 aromatic carbocycles. The number of aliphatic hydroxyl groups excluding tert-OH is 2. The van der Waals surface area contributed by atoms with Crippen LogP contribution in [0.3, 0.4) is 0 Å². The number of nitrogens with one attached hydrogen (secondary N) is 1. The van der Waals surface area contributed by atoms with E-state index in [1.54, 1.807) is 22.7 Å². The van der Waals surface area contributed by atoms with Crippen LogP contribution in [0.5, 0.6) is 23.0 Å². The zero-order valence-electron chi connectivity index (χ0n) is 37.3. The topological polar surface area (TPSA) is 125 Å². The van der Waals surface area contributed by atoms with E-state index >= 15 is 0 Å². The number of benzene rings is 4. The van der Waals surface area contributed by atoms with Crippen LogP contribution < -0.4 is 24.3 Å². The minimum atomic E-state index is -0.801. The number of para-hydroxylation sites is 2. The van der Waals surface area contributed by atoms with E-state index in [0.29, 0.717) is 25.4 Å². The van der Waals surface area contributed by atoms with Crippen LogP contribution in [0.4, 0.5) is 0 Å². The number of hydrogen-bond acceptors (Lipinski definition) is 14. The van der Waals surface area contributed by atoms with Crippen LogP contribution in [0.2, 0.25) is 0 Å². The van der Waals surface area contributed by atoms with Crippen LogP contribution in [-0.4, -0.2) is 145 Å². The summed E-state index contributed by atoms with van der Waals surface area (Å²) in [5.41, 5.74) is 1.89. The van der Waals surface area contributed by atoms with Gasteiger partial charge in [-0.25, -0.2) is 9.97 Å². The van der Waals surface area contributed by atoms with Crippen molar-refractivity contribution in [3.63, 3.8) is 0 Å². The molecular formula is C50H69ClN6O6S2. The number of alkyl halides is 1. The quantitative estimate of drug-likeness (QED) is 0.0385. The Kier molecular flexibility index (Phi) is 23.0. The van der Waals surface area contributed by atoms with Crippen molar-refractivity contribution in [3.8, 4) is 23.0 Å². The number of hydrogen-bond donors (Lipinski definition) is 3. The highest BCUT2D eigenvalue weighted by Gasteiger charge is 2.20. The van der Waals surface area contributed by atoms with Gasteiger partial charge < -0.3 is 39.4 Å². The lowest BCUT2D eigenvalue weighted by molar-refractivity contribution is -0.0425. The highest BCUT2D eigenvalue weighted by Crippen LogP contribution is 2.27. The fourth-order valence-corrected chi connectivity index (χ4v) is 9.11. The summed E-state index contributed by atoms with van der Waals surface area (Å²) in [6.45, 7) is 16.0. The van der Waals surface area contributed by atoms with Gasteiger partial charge in [-0.05, 0) is 94.6 Å². The standard InChI is InChI=1S/C25H33N3O3S.C14H19N3O2S.C10H13ClO.CH4/c1-20-26-24-17-23(9-10-25(24)32-20)31-19-21(29)18-28-14-12-27(13-15-28)11-5-6-16-30-22-7-3-2-4-8-22;1-10-16-12-8-11(2-3-13(12)20-10)19-14(18)9-17-6-4-15-5-7-17;11-8-4-5-9-12-10-6-2-1-3-7-10;/h2-4,7-10,17,21,29H,5-6,11-16,18-19H2,1H3;2-3,8,14-15,18H,4-7,9H2,1H3;1-3,6-7H,4-5,8-9H2;1H4/t21-;14-;;/m10../s1. The van der Waals surface area contributed by atoms with Crippen molar-refractivity contribution in [1.29, 1.82) is 0 Å². The molecule has 8 rings (SSSR count). The first-order chi connectivity index (χ1) is 31.3. The summed E-state index contributed by atoms with van der Waals surface area (Å²) in [5, 5.41) is 25.8. The number of aromatic nitrogens is 2. The molecule has 0 saturated carbocycles. The van der Waals surface area contributed by atoms with Crippen molar-refractivity contribution in [2.45, 2.75) is 59.4 Å². The van der Waals surface area contributed by atoms with Gasteiger partial charge in [-0.2, -0.15) is 0 Å². The highest BCUT2D eigenvalue weighted by atomic mass is 35.5. The third-order valence-corrected chi connectivity index (χ3v) is 12.8. The maximum Gasteiger partial charge on any atom is 0.210 e. The van der Waals surface area contributed by atoms with Crippen molar-refractivity contribution in [2.75, 3.05) is 97.7 Å². The summed E-state index contributed by atoms with van der Waals surface area (Å²) in [5.74, 6) is 4.04. The molecule has 2 saturated heterocycles. The van der Waals surface area contributed by atoms with E-state index in [2.05, 4.69) is 30.0 Å². The summed E-state index contributed by atoms with van der Waals surface area (Å²) in [6, 6.07) is 31.6. The van der Waals surface area contributed by atoms with Gasteiger partial charge >= 0.3 is 0 Å². The predicted octanol–water partition coefficient (Wildman–Crippen LogP) is 8.75. The largest absolute Gasteiger partial charge is 0.494 e. The van der Waals surface area contributed by atoms with E-state index in [1.807, 2.05) is 111 Å². The first kappa shape index (κ1) is 51.9. The Morgan fingerprint density at radius 1 is 0.615 bits per heavy atom. The van der Waals surface area contributed by atoms with Gasteiger partial charge in [0.15, 0.2) is 0 Å². The maximum atomic E-state index is 10.4. The summed E-state index contributed by atoms with van der Waals surface area (Å²) in [6.07, 6.45) is 2.96. The van der Waals surface area contributed by atoms with Crippen LogP contribution in [0, 0.1) is 13.8 Å². The molecule has 0 spiro atoms. The highest BCUT2D eigenvalue weighted by molar-refractivity contribution is 7.18.